The quantitative estimate of drug-likeness (QED) is 0.0682. The SMILES string of the molecule is C/C=C(/OC(=C/C=C\CCC)/N=C(\C)CCN1CCOCC1)c1c(CC)cc(C(=O)Nc2cc(C(C)(C)C)cc(N(C)N)c2OC)n1C. The van der Waals surface area contributed by atoms with Crippen LogP contribution in [0, 0.1) is 0 Å². The second-order valence-electron chi connectivity index (χ2n) is 13.2. The number of amides is 1. The van der Waals surface area contributed by atoms with Gasteiger partial charge in [-0.2, -0.15) is 0 Å². The first kappa shape index (κ1) is 38.6. The summed E-state index contributed by atoms with van der Waals surface area (Å²) in [5, 5.41) is 4.62. The summed E-state index contributed by atoms with van der Waals surface area (Å²) in [5.41, 5.74) is 5.37. The lowest BCUT2D eigenvalue weighted by molar-refractivity contribution is 0.0392. The Morgan fingerprint density at radius 1 is 1.19 bits per heavy atom. The van der Waals surface area contributed by atoms with E-state index in [4.69, 9.17) is 25.0 Å². The van der Waals surface area contributed by atoms with E-state index in [0.717, 1.165) is 74.6 Å². The van der Waals surface area contributed by atoms with Crippen molar-refractivity contribution in [3.05, 3.63) is 70.9 Å². The van der Waals surface area contributed by atoms with E-state index < -0.39 is 0 Å². The predicted octanol–water partition coefficient (Wildman–Crippen LogP) is 7.21. The second-order valence-corrected chi connectivity index (χ2v) is 13.2. The Kier molecular flexibility index (Phi) is 14.5. The zero-order valence-corrected chi connectivity index (χ0v) is 30.9. The van der Waals surface area contributed by atoms with Crippen molar-refractivity contribution in [2.75, 3.05) is 57.3 Å². The Morgan fingerprint density at radius 2 is 1.90 bits per heavy atom. The van der Waals surface area contributed by atoms with Crippen molar-refractivity contribution in [3.63, 3.8) is 0 Å². The molecule has 0 radical (unpaired) electrons. The maximum absolute atomic E-state index is 14.0. The first-order valence-corrected chi connectivity index (χ1v) is 17.1. The number of allylic oxidation sites excluding steroid dienone is 4. The van der Waals surface area contributed by atoms with Crippen molar-refractivity contribution in [3.8, 4) is 5.75 Å². The fourth-order valence-electron chi connectivity index (χ4n) is 5.53. The van der Waals surface area contributed by atoms with E-state index in [0.29, 0.717) is 40.9 Å². The average Bonchev–Trinajstić information content (AvgIpc) is 3.39. The van der Waals surface area contributed by atoms with Gasteiger partial charge in [0.1, 0.15) is 11.5 Å². The van der Waals surface area contributed by atoms with Crippen LogP contribution in [-0.2, 0) is 28.4 Å². The molecule has 1 aliphatic heterocycles. The molecule has 0 saturated carbocycles. The Bertz CT molecular complexity index is 1500. The summed E-state index contributed by atoms with van der Waals surface area (Å²) in [5.74, 6) is 7.56. The molecule has 2 aromatic rings. The number of rotatable bonds is 15. The smallest absolute Gasteiger partial charge is 0.272 e. The number of morpholine rings is 1. The number of carbonyl (C=O) groups is 1. The lowest BCUT2D eigenvalue weighted by atomic mass is 9.86. The zero-order valence-electron chi connectivity index (χ0n) is 30.9. The number of hydrogen-bond acceptors (Lipinski definition) is 8. The van der Waals surface area contributed by atoms with Gasteiger partial charge in [0, 0.05) is 45.5 Å². The number of aromatic nitrogens is 1. The first-order chi connectivity index (χ1) is 22.8. The fraction of sp³-hybridized carbons (Fsp3) is 0.526. The minimum atomic E-state index is -0.265. The highest BCUT2D eigenvalue weighted by Gasteiger charge is 2.25. The van der Waals surface area contributed by atoms with Crippen molar-refractivity contribution in [1.82, 2.24) is 9.47 Å². The summed E-state index contributed by atoms with van der Waals surface area (Å²) >= 11 is 0. The Hall–Kier alpha value is -3.86. The summed E-state index contributed by atoms with van der Waals surface area (Å²) < 4.78 is 19.7. The number of carbonyl (C=O) groups excluding carboxylic acids is 1. The largest absolute Gasteiger partial charge is 0.492 e. The number of hydrogen-bond donors (Lipinski definition) is 2. The van der Waals surface area contributed by atoms with Crippen molar-refractivity contribution in [2.24, 2.45) is 17.9 Å². The average molecular weight is 663 g/mol. The van der Waals surface area contributed by atoms with Gasteiger partial charge in [0.15, 0.2) is 5.75 Å². The molecule has 1 saturated heterocycles. The second kappa shape index (κ2) is 18.1. The summed E-state index contributed by atoms with van der Waals surface area (Å²) in [6, 6.07) is 5.88. The molecule has 1 aromatic heterocycles. The van der Waals surface area contributed by atoms with Crippen LogP contribution in [0.2, 0.25) is 0 Å². The van der Waals surface area contributed by atoms with Crippen LogP contribution in [0.1, 0.15) is 95.0 Å². The van der Waals surface area contributed by atoms with Crippen LogP contribution in [0.5, 0.6) is 5.75 Å². The molecule has 264 valence electrons. The van der Waals surface area contributed by atoms with Gasteiger partial charge >= 0.3 is 0 Å². The monoisotopic (exact) mass is 662 g/mol. The normalized spacial score (nSPS) is 15.3. The number of nitrogens with two attached hydrogens (primary N) is 1. The number of benzene rings is 1. The Labute approximate surface area is 288 Å². The van der Waals surface area contributed by atoms with E-state index >= 15 is 0 Å². The van der Waals surface area contributed by atoms with Crippen LogP contribution in [-0.4, -0.2) is 68.1 Å². The van der Waals surface area contributed by atoms with Gasteiger partial charge in [0.25, 0.3) is 5.91 Å². The molecule has 0 atom stereocenters. The molecule has 0 bridgehead atoms. The highest BCUT2D eigenvalue weighted by molar-refractivity contribution is 6.05. The van der Waals surface area contributed by atoms with Gasteiger partial charge < -0.3 is 29.1 Å². The lowest BCUT2D eigenvalue weighted by Gasteiger charge is -2.26. The maximum Gasteiger partial charge on any atom is 0.272 e. The number of aryl methyl sites for hydroxylation is 1. The molecule has 0 spiro atoms. The van der Waals surface area contributed by atoms with Crippen molar-refractivity contribution < 1.29 is 19.0 Å². The van der Waals surface area contributed by atoms with Crippen LogP contribution in [0.25, 0.3) is 5.76 Å². The molecule has 1 aromatic carbocycles. The molecule has 3 rings (SSSR count). The van der Waals surface area contributed by atoms with Gasteiger partial charge in [-0.25, -0.2) is 10.8 Å². The molecule has 10 nitrogen and oxygen atoms in total. The molecule has 1 amide bonds. The topological polar surface area (TPSA) is 107 Å². The fourth-order valence-corrected chi connectivity index (χ4v) is 5.53. The summed E-state index contributed by atoms with van der Waals surface area (Å²) in [6.45, 7) is 18.9. The molecule has 0 unspecified atom stereocenters. The minimum absolute atomic E-state index is 0.178. The number of nitrogens with one attached hydrogen (secondary N) is 1. The molecule has 2 heterocycles. The van der Waals surface area contributed by atoms with Crippen molar-refractivity contribution in [1.29, 1.82) is 0 Å². The number of anilines is 2. The molecule has 1 aliphatic rings. The van der Waals surface area contributed by atoms with Crippen LogP contribution < -0.4 is 20.9 Å². The van der Waals surface area contributed by atoms with E-state index in [9.17, 15) is 4.79 Å². The summed E-state index contributed by atoms with van der Waals surface area (Å²) in [7, 11) is 5.22. The van der Waals surface area contributed by atoms with E-state index in [1.807, 2.05) is 61.9 Å². The van der Waals surface area contributed by atoms with Gasteiger partial charge in [-0.3, -0.25) is 9.69 Å². The summed E-state index contributed by atoms with van der Waals surface area (Å²) in [4.78, 5) is 21.3. The molecular weight excluding hydrogens is 604 g/mol. The van der Waals surface area contributed by atoms with E-state index in [-0.39, 0.29) is 11.3 Å². The van der Waals surface area contributed by atoms with Crippen LogP contribution in [0.15, 0.2) is 53.4 Å². The highest BCUT2D eigenvalue weighted by Crippen LogP contribution is 2.40. The third-order valence-corrected chi connectivity index (χ3v) is 8.43. The minimum Gasteiger partial charge on any atom is -0.492 e. The first-order valence-electron chi connectivity index (χ1n) is 17.1. The third-order valence-electron chi connectivity index (χ3n) is 8.43. The number of nitrogens with zero attached hydrogens (tertiary/aromatic N) is 4. The van der Waals surface area contributed by atoms with E-state index in [2.05, 4.69) is 50.9 Å². The molecule has 3 N–H and O–H groups in total. The lowest BCUT2D eigenvalue weighted by Crippen LogP contribution is -2.37. The van der Waals surface area contributed by atoms with Gasteiger partial charge in [-0.05, 0) is 73.9 Å². The summed E-state index contributed by atoms with van der Waals surface area (Å²) in [6.07, 6.45) is 11.5. The molecule has 0 aliphatic carbocycles. The van der Waals surface area contributed by atoms with Gasteiger partial charge in [-0.15, -0.1) is 0 Å². The standard InChI is InChI=1S/C38H58N6O4/c1-11-14-15-16-17-34(40-27(4)18-19-44-20-22-47-23-21-44)48-33(13-3)35-28(12-2)24-32(42(35)8)37(45)41-30-25-29(38(5,6)7)26-31(43(9)39)36(30)46-10/h13,15-17,24-26H,11-12,14,18-23,39H2,1-10H3,(H,41,45)/b16-15-,33-13+,34-17+,40-27+. The molecule has 1 fully saturated rings. The third kappa shape index (κ3) is 10.3. The molecular formula is C38H58N6O4. The number of methoxy groups -OCH3 is 1. The van der Waals surface area contributed by atoms with Gasteiger partial charge in [0.05, 0.1) is 37.4 Å². The number of hydrazine groups is 1. The van der Waals surface area contributed by atoms with Gasteiger partial charge in [0.2, 0.25) is 5.88 Å². The Balaban J connectivity index is 1.96. The number of ether oxygens (including phenoxy) is 3. The van der Waals surface area contributed by atoms with Gasteiger partial charge in [-0.1, -0.05) is 53.2 Å². The van der Waals surface area contributed by atoms with E-state index in [1.165, 1.54) is 5.01 Å². The zero-order chi connectivity index (χ0) is 35.4. The number of aliphatic imine (C=N–C) groups is 1. The van der Waals surface area contributed by atoms with Crippen molar-refractivity contribution >= 4 is 28.8 Å². The Morgan fingerprint density at radius 3 is 2.48 bits per heavy atom. The molecule has 48 heavy (non-hydrogen) atoms. The van der Waals surface area contributed by atoms with Crippen LogP contribution in [0.3, 0.4) is 0 Å². The van der Waals surface area contributed by atoms with E-state index in [1.54, 1.807) is 14.2 Å². The van der Waals surface area contributed by atoms with Crippen LogP contribution >= 0.6 is 0 Å². The van der Waals surface area contributed by atoms with Crippen LogP contribution in [0.4, 0.5) is 11.4 Å². The maximum atomic E-state index is 14.0. The highest BCUT2D eigenvalue weighted by atomic mass is 16.5. The number of unbranched alkanes of at least 4 members (excludes halogenated alkanes) is 1. The molecule has 10 heteroatoms. The van der Waals surface area contributed by atoms with Crippen molar-refractivity contribution in [2.45, 2.75) is 79.6 Å². The predicted molar refractivity (Wildman–Crippen MR) is 199 cm³/mol.